The Morgan fingerprint density at radius 3 is 1.31 bits per heavy atom. The second-order valence-electron chi connectivity index (χ2n) is 8.43. The van der Waals surface area contributed by atoms with E-state index in [0.29, 0.717) is 45.4 Å². The van der Waals surface area contributed by atoms with Crippen LogP contribution in [0.15, 0.2) is 24.4 Å². The van der Waals surface area contributed by atoms with E-state index in [-0.39, 0.29) is 19.6 Å². The lowest BCUT2D eigenvalue weighted by Crippen LogP contribution is -2.54. The molecule has 0 amide bonds. The molecule has 1 rings (SSSR count). The summed E-state index contributed by atoms with van der Waals surface area (Å²) in [6, 6.07) is 0. The molecule has 0 aliphatic rings. The van der Waals surface area contributed by atoms with Crippen LogP contribution in [-0.2, 0) is 34.0 Å². The molecule has 0 spiro atoms. The standard InChI is InChI=1S/C24H36N6O6/c25-19-36-18-12-6-5-11-17-30-23(34)28(15-9-3-1-7-13-26-20-31)22(33)29(24(30)35)16-10-4-2-8-14-27-21-32/h1-18H2. The minimum Gasteiger partial charge on any atom is -0.428 e. The minimum absolute atomic E-state index is 0.212. The maximum absolute atomic E-state index is 13.0. The van der Waals surface area contributed by atoms with Crippen LogP contribution >= 0.6 is 0 Å². The SMILES string of the molecule is N#COCCCCCCn1c(=O)n(CCCCCCN=C=O)c(=O)n(CCCCCCN=C=O)c1=O. The van der Waals surface area contributed by atoms with E-state index in [9.17, 15) is 24.0 Å². The first-order chi connectivity index (χ1) is 17.6. The molecule has 0 aromatic carbocycles. The second-order valence-corrected chi connectivity index (χ2v) is 8.43. The molecule has 198 valence electrons. The highest BCUT2D eigenvalue weighted by Gasteiger charge is 2.15. The lowest BCUT2D eigenvalue weighted by atomic mass is 10.2. The van der Waals surface area contributed by atoms with Gasteiger partial charge in [-0.3, -0.25) is 0 Å². The molecule has 12 nitrogen and oxygen atoms in total. The summed E-state index contributed by atoms with van der Waals surface area (Å²) in [5, 5.41) is 8.39. The molecule has 0 saturated heterocycles. The third-order valence-electron chi connectivity index (χ3n) is 5.76. The second kappa shape index (κ2) is 19.7. The van der Waals surface area contributed by atoms with Gasteiger partial charge in [0.05, 0.1) is 13.1 Å². The van der Waals surface area contributed by atoms with Crippen LogP contribution in [0.1, 0.15) is 77.0 Å². The van der Waals surface area contributed by atoms with Crippen molar-refractivity contribution in [2.45, 2.75) is 96.7 Å². The van der Waals surface area contributed by atoms with Crippen molar-refractivity contribution in [2.75, 3.05) is 19.7 Å². The normalized spacial score (nSPS) is 10.3. The third kappa shape index (κ3) is 11.7. The van der Waals surface area contributed by atoms with Gasteiger partial charge in [0.25, 0.3) is 6.26 Å². The number of carbonyl (C=O) groups excluding carboxylic acids is 2. The van der Waals surface area contributed by atoms with Gasteiger partial charge in [-0.15, -0.1) is 0 Å². The lowest BCUT2D eigenvalue weighted by Gasteiger charge is -2.14. The average molecular weight is 505 g/mol. The summed E-state index contributed by atoms with van der Waals surface area (Å²) in [6.07, 6.45) is 13.2. The summed E-state index contributed by atoms with van der Waals surface area (Å²) < 4.78 is 8.07. The maximum atomic E-state index is 13.0. The van der Waals surface area contributed by atoms with Gasteiger partial charge in [-0.2, -0.15) is 5.26 Å². The molecule has 0 bridgehead atoms. The van der Waals surface area contributed by atoms with E-state index < -0.39 is 17.1 Å². The average Bonchev–Trinajstić information content (AvgIpc) is 2.87. The highest BCUT2D eigenvalue weighted by molar-refractivity contribution is 5.32. The van der Waals surface area contributed by atoms with Crippen LogP contribution in [0.4, 0.5) is 0 Å². The Morgan fingerprint density at radius 2 is 0.944 bits per heavy atom. The van der Waals surface area contributed by atoms with Crippen molar-refractivity contribution in [1.82, 2.24) is 13.7 Å². The van der Waals surface area contributed by atoms with Crippen LogP contribution in [0, 0.1) is 11.5 Å². The first-order valence-corrected chi connectivity index (χ1v) is 12.6. The van der Waals surface area contributed by atoms with Gasteiger partial charge < -0.3 is 4.74 Å². The lowest BCUT2D eigenvalue weighted by molar-refractivity contribution is 0.259. The molecule has 0 fully saturated rings. The first kappa shape index (κ1) is 30.5. The summed E-state index contributed by atoms with van der Waals surface area (Å²) in [4.78, 5) is 66.3. The minimum atomic E-state index is -0.592. The van der Waals surface area contributed by atoms with E-state index in [0.717, 1.165) is 65.1 Å². The van der Waals surface area contributed by atoms with E-state index in [1.54, 1.807) is 6.26 Å². The van der Waals surface area contributed by atoms with Gasteiger partial charge in [0, 0.05) is 19.6 Å². The number of ether oxygens (including phenoxy) is 1. The number of aromatic nitrogens is 3. The number of nitrogens with zero attached hydrogens (tertiary/aromatic N) is 6. The molecule has 1 aromatic heterocycles. The molecular weight excluding hydrogens is 468 g/mol. The van der Waals surface area contributed by atoms with Crippen LogP contribution in [0.25, 0.3) is 0 Å². The Kier molecular flexibility index (Phi) is 16.7. The number of rotatable bonds is 21. The van der Waals surface area contributed by atoms with Crippen LogP contribution in [0.5, 0.6) is 0 Å². The predicted molar refractivity (Wildman–Crippen MR) is 132 cm³/mol. The molecule has 0 N–H and O–H groups in total. The number of hydrogen-bond donors (Lipinski definition) is 0. The van der Waals surface area contributed by atoms with E-state index >= 15 is 0 Å². The maximum Gasteiger partial charge on any atom is 0.336 e. The smallest absolute Gasteiger partial charge is 0.336 e. The Hall–Kier alpha value is -3.54. The molecule has 0 aliphatic heterocycles. The monoisotopic (exact) mass is 504 g/mol. The van der Waals surface area contributed by atoms with E-state index in [1.165, 1.54) is 12.2 Å². The molecule has 1 aromatic rings. The number of aliphatic imine (C=N–C) groups is 2. The van der Waals surface area contributed by atoms with Gasteiger partial charge in [-0.25, -0.2) is 47.7 Å². The first-order valence-electron chi connectivity index (χ1n) is 12.6. The molecule has 12 heteroatoms. The topological polar surface area (TPSA) is 158 Å². The molecule has 0 atom stereocenters. The fourth-order valence-corrected chi connectivity index (χ4v) is 3.82. The van der Waals surface area contributed by atoms with E-state index in [4.69, 9.17) is 5.26 Å². The molecule has 0 unspecified atom stereocenters. The number of unbranched alkanes of at least 4 members (excludes halogenated alkanes) is 9. The summed E-state index contributed by atoms with van der Waals surface area (Å²) in [5.41, 5.74) is -1.77. The molecule has 0 aliphatic carbocycles. The summed E-state index contributed by atoms with van der Waals surface area (Å²) >= 11 is 0. The number of hydrogen-bond acceptors (Lipinski definition) is 9. The van der Waals surface area contributed by atoms with Crippen LogP contribution < -0.4 is 17.1 Å². The van der Waals surface area contributed by atoms with Crippen molar-refractivity contribution < 1.29 is 14.3 Å². The zero-order valence-corrected chi connectivity index (χ0v) is 20.9. The molecular formula is C24H36N6O6. The Bertz CT molecular complexity index is 1020. The van der Waals surface area contributed by atoms with Gasteiger partial charge in [-0.05, 0) is 44.9 Å². The van der Waals surface area contributed by atoms with Crippen molar-refractivity contribution in [2.24, 2.45) is 9.98 Å². The summed E-state index contributed by atoms with van der Waals surface area (Å²) in [6.45, 7) is 1.80. The fraction of sp³-hybridized carbons (Fsp3) is 0.750. The zero-order valence-electron chi connectivity index (χ0n) is 20.9. The predicted octanol–water partition coefficient (Wildman–Crippen LogP) is 2.02. The van der Waals surface area contributed by atoms with Gasteiger partial charge in [0.1, 0.15) is 6.61 Å². The summed E-state index contributed by atoms with van der Waals surface area (Å²) in [5.74, 6) is 0. The zero-order chi connectivity index (χ0) is 26.4. The van der Waals surface area contributed by atoms with Crippen LogP contribution in [-0.4, -0.2) is 45.6 Å². The molecule has 36 heavy (non-hydrogen) atoms. The summed E-state index contributed by atoms with van der Waals surface area (Å²) in [7, 11) is 0. The number of isocyanates is 2. The van der Waals surface area contributed by atoms with Gasteiger partial charge >= 0.3 is 17.1 Å². The van der Waals surface area contributed by atoms with E-state index in [1.807, 2.05) is 0 Å². The molecule has 1 heterocycles. The highest BCUT2D eigenvalue weighted by atomic mass is 16.5. The largest absolute Gasteiger partial charge is 0.428 e. The molecule has 0 saturated carbocycles. The highest BCUT2D eigenvalue weighted by Crippen LogP contribution is 2.03. The van der Waals surface area contributed by atoms with Crippen molar-refractivity contribution >= 4 is 12.2 Å². The Labute approximate surface area is 209 Å². The Balaban J connectivity index is 2.87. The van der Waals surface area contributed by atoms with Crippen molar-refractivity contribution in [3.8, 4) is 6.26 Å². The third-order valence-corrected chi connectivity index (χ3v) is 5.76. The van der Waals surface area contributed by atoms with Crippen molar-refractivity contribution in [1.29, 1.82) is 5.26 Å². The molecule has 0 radical (unpaired) electrons. The fourth-order valence-electron chi connectivity index (χ4n) is 3.82. The van der Waals surface area contributed by atoms with Gasteiger partial charge in [-0.1, -0.05) is 32.1 Å². The van der Waals surface area contributed by atoms with Crippen LogP contribution in [0.3, 0.4) is 0 Å². The van der Waals surface area contributed by atoms with Gasteiger partial charge in [0.15, 0.2) is 0 Å². The quantitative estimate of drug-likeness (QED) is 0.107. The number of nitriles is 1. The van der Waals surface area contributed by atoms with Crippen molar-refractivity contribution in [3.05, 3.63) is 31.5 Å². The van der Waals surface area contributed by atoms with Crippen LogP contribution in [0.2, 0.25) is 0 Å². The van der Waals surface area contributed by atoms with Crippen molar-refractivity contribution in [3.63, 3.8) is 0 Å². The van der Waals surface area contributed by atoms with Gasteiger partial charge in [0.2, 0.25) is 12.2 Å². The van der Waals surface area contributed by atoms with E-state index in [2.05, 4.69) is 14.7 Å². The Morgan fingerprint density at radius 1 is 0.583 bits per heavy atom.